The number of rotatable bonds is 2. The molecule has 0 spiro atoms. The van der Waals surface area contributed by atoms with Crippen LogP contribution in [-0.4, -0.2) is 4.11 Å². The molecule has 0 aliphatic heterocycles. The number of hydrogen-bond donors (Lipinski definition) is 0. The zero-order valence-electron chi connectivity index (χ0n) is 7.04. The molecule has 0 nitrogen and oxygen atoms in total. The molecule has 0 amide bonds. The molecule has 0 N–H and O–H groups in total. The van der Waals surface area contributed by atoms with Gasteiger partial charge in [0.1, 0.15) is 0 Å². The van der Waals surface area contributed by atoms with Gasteiger partial charge in [0.15, 0.2) is 0 Å². The van der Waals surface area contributed by atoms with Gasteiger partial charge in [-0.15, -0.1) is 0 Å². The van der Waals surface area contributed by atoms with Gasteiger partial charge in [-0.05, 0) is 0 Å². The van der Waals surface area contributed by atoms with Crippen molar-refractivity contribution in [1.29, 1.82) is 0 Å². The summed E-state index contributed by atoms with van der Waals surface area (Å²) in [5.74, 6) is 0. The zero-order valence-corrected chi connectivity index (χ0v) is 8.68. The Kier molecular flexibility index (Phi) is 3.97. The number of hydrogen-bond acceptors (Lipinski definition) is 0. The molecule has 0 aliphatic carbocycles. The fraction of sp³-hybridized carbons (Fsp3) is 0.444. The van der Waals surface area contributed by atoms with Crippen molar-refractivity contribution in [2.24, 2.45) is 0 Å². The van der Waals surface area contributed by atoms with Crippen molar-refractivity contribution in [3.8, 4) is 0 Å². The van der Waals surface area contributed by atoms with E-state index in [-0.39, 0.29) is 0 Å². The normalized spacial score (nSPS) is 12.5. The van der Waals surface area contributed by atoms with Gasteiger partial charge in [0.2, 0.25) is 0 Å². The van der Waals surface area contributed by atoms with Crippen LogP contribution in [0.5, 0.6) is 0 Å². The standard InChI is InChI=1S/C9H14.Rh/c1-6-8(4)9(5)7(2)3;/h2H2,1,3-5H3;/b9-8-;. The van der Waals surface area contributed by atoms with Gasteiger partial charge in [0.25, 0.3) is 0 Å². The van der Waals surface area contributed by atoms with E-state index in [4.69, 9.17) is 0 Å². The van der Waals surface area contributed by atoms with Crippen molar-refractivity contribution in [2.75, 3.05) is 0 Å². The summed E-state index contributed by atoms with van der Waals surface area (Å²) in [7, 11) is 0. The van der Waals surface area contributed by atoms with Gasteiger partial charge in [-0.3, -0.25) is 0 Å². The van der Waals surface area contributed by atoms with Gasteiger partial charge in [-0.2, -0.15) is 0 Å². The molecule has 0 radical (unpaired) electrons. The first kappa shape index (κ1) is 9.97. The van der Waals surface area contributed by atoms with Crippen LogP contribution in [0.2, 0.25) is 0 Å². The Morgan fingerprint density at radius 2 is 1.40 bits per heavy atom. The third-order valence-corrected chi connectivity index (χ3v) is 2.32. The van der Waals surface area contributed by atoms with Crippen molar-refractivity contribution >= 4 is 4.11 Å². The third-order valence-electron chi connectivity index (χ3n) is 1.70. The van der Waals surface area contributed by atoms with Gasteiger partial charge < -0.3 is 0 Å². The van der Waals surface area contributed by atoms with Crippen LogP contribution >= 0.6 is 0 Å². The summed E-state index contributed by atoms with van der Waals surface area (Å²) in [6.07, 6.45) is 0. The van der Waals surface area contributed by atoms with Gasteiger partial charge in [-0.25, -0.2) is 0 Å². The predicted octanol–water partition coefficient (Wildman–Crippen LogP) is 2.64. The molecule has 10 heavy (non-hydrogen) atoms. The topological polar surface area (TPSA) is 0 Å². The molecule has 0 fully saturated rings. The molecule has 0 heterocycles. The van der Waals surface area contributed by atoms with E-state index >= 15 is 0 Å². The van der Waals surface area contributed by atoms with E-state index in [2.05, 4.69) is 45.2 Å². The Morgan fingerprint density at radius 1 is 1.00 bits per heavy atom. The Bertz CT molecular complexity index is 175. The molecule has 1 heteroatoms. The first-order valence-electron chi connectivity index (χ1n) is 3.27. The fourth-order valence-corrected chi connectivity index (χ4v) is 0.877. The molecule has 0 aromatic heterocycles. The first-order chi connectivity index (χ1) is 4.46. The monoisotopic (exact) mass is 225 g/mol. The predicted molar refractivity (Wildman–Crippen MR) is 43.9 cm³/mol. The van der Waals surface area contributed by atoms with Crippen LogP contribution in [0, 0.1) is 0 Å². The molecule has 0 rings (SSSR count). The first-order valence-corrected chi connectivity index (χ1v) is 4.09. The maximum absolute atomic E-state index is 3.88. The van der Waals surface area contributed by atoms with Crippen LogP contribution in [0.4, 0.5) is 0 Å². The Hall–Kier alpha value is -0.0266. The van der Waals surface area contributed by atoms with Crippen LogP contribution in [0.3, 0.4) is 0 Å². The molecule has 0 saturated heterocycles. The summed E-state index contributed by atoms with van der Waals surface area (Å²) in [6, 6.07) is 0. The van der Waals surface area contributed by atoms with Crippen molar-refractivity contribution < 1.29 is 17.9 Å². The van der Waals surface area contributed by atoms with Crippen molar-refractivity contribution in [3.05, 3.63) is 23.3 Å². The zero-order chi connectivity index (χ0) is 8.31. The van der Waals surface area contributed by atoms with Crippen LogP contribution in [0.1, 0.15) is 27.7 Å². The average Bonchev–Trinajstić information content (AvgIpc) is 1.84. The molecule has 0 aromatic carbocycles. The molecule has 0 saturated carbocycles. The van der Waals surface area contributed by atoms with Gasteiger partial charge in [0.05, 0.1) is 0 Å². The van der Waals surface area contributed by atoms with E-state index in [1.165, 1.54) is 15.3 Å². The Labute approximate surface area is 73.2 Å². The average molecular weight is 225 g/mol. The van der Waals surface area contributed by atoms with E-state index in [9.17, 15) is 0 Å². The molecule has 0 aromatic rings. The molecular formula is C9H14Rh. The third kappa shape index (κ3) is 2.70. The summed E-state index contributed by atoms with van der Waals surface area (Å²) < 4.78 is 1.27. The van der Waals surface area contributed by atoms with E-state index in [1.54, 1.807) is 0 Å². The Balaban J connectivity index is 4.67. The molecule has 0 atom stereocenters. The summed E-state index contributed by atoms with van der Waals surface area (Å²) in [5, 5.41) is 0. The molecule has 0 bridgehead atoms. The minimum atomic E-state index is 1.15. The van der Waals surface area contributed by atoms with E-state index in [0.29, 0.717) is 0 Å². The second kappa shape index (κ2) is 3.98. The second-order valence-corrected chi connectivity index (χ2v) is 3.76. The summed E-state index contributed by atoms with van der Waals surface area (Å²) >= 11 is 2.89. The molecular weight excluding hydrogens is 211 g/mol. The molecule has 0 unspecified atom stereocenters. The van der Waals surface area contributed by atoms with E-state index in [0.717, 1.165) is 5.57 Å². The van der Waals surface area contributed by atoms with E-state index < -0.39 is 0 Å². The van der Waals surface area contributed by atoms with Gasteiger partial charge in [0, 0.05) is 0 Å². The fourth-order valence-electron chi connectivity index (χ4n) is 0.570. The van der Waals surface area contributed by atoms with E-state index in [1.807, 2.05) is 6.92 Å². The number of allylic oxidation sites excluding steroid dienone is 3. The van der Waals surface area contributed by atoms with Crippen molar-refractivity contribution in [2.45, 2.75) is 27.7 Å². The molecule has 59 valence electrons. The quantitative estimate of drug-likeness (QED) is 0.500. The van der Waals surface area contributed by atoms with Crippen molar-refractivity contribution in [3.63, 3.8) is 0 Å². The van der Waals surface area contributed by atoms with Gasteiger partial charge in [-0.1, -0.05) is 0 Å². The maximum atomic E-state index is 3.88. The molecule has 0 aliphatic rings. The van der Waals surface area contributed by atoms with Crippen LogP contribution < -0.4 is 0 Å². The minimum absolute atomic E-state index is 1.15. The summed E-state index contributed by atoms with van der Waals surface area (Å²) in [4.78, 5) is 0. The van der Waals surface area contributed by atoms with Crippen molar-refractivity contribution in [1.82, 2.24) is 0 Å². The SMILES string of the molecule is C=C(C)/C(C)=C(/C)[C](C)=[Rh]. The second-order valence-electron chi connectivity index (χ2n) is 2.53. The van der Waals surface area contributed by atoms with Crippen LogP contribution in [0.15, 0.2) is 23.3 Å². The Morgan fingerprint density at radius 3 is 1.50 bits per heavy atom. The summed E-state index contributed by atoms with van der Waals surface area (Å²) in [6.45, 7) is 12.2. The summed E-state index contributed by atoms with van der Waals surface area (Å²) in [5.41, 5.74) is 3.76. The van der Waals surface area contributed by atoms with Crippen LogP contribution in [0.25, 0.3) is 0 Å². The van der Waals surface area contributed by atoms with Gasteiger partial charge >= 0.3 is 73.0 Å². The van der Waals surface area contributed by atoms with Crippen LogP contribution in [-0.2, 0) is 17.9 Å².